The molecule has 2 aliphatic rings. The van der Waals surface area contributed by atoms with Gasteiger partial charge in [0.25, 0.3) is 5.91 Å². The molecule has 1 amide bonds. The van der Waals surface area contributed by atoms with Crippen LogP contribution >= 0.6 is 0 Å². The van der Waals surface area contributed by atoms with E-state index in [9.17, 15) is 4.79 Å². The zero-order chi connectivity index (χ0) is 14.9. The summed E-state index contributed by atoms with van der Waals surface area (Å²) < 4.78 is 12.7. The number of hydrogen-bond acceptors (Lipinski definition) is 4. The summed E-state index contributed by atoms with van der Waals surface area (Å²) in [5.41, 5.74) is 1.47. The molecular formula is C16H17N3O3. The van der Waals surface area contributed by atoms with Crippen LogP contribution in [0.5, 0.6) is 11.5 Å². The maximum atomic E-state index is 12.2. The van der Waals surface area contributed by atoms with Crippen molar-refractivity contribution in [2.24, 2.45) is 0 Å². The minimum absolute atomic E-state index is 0.139. The van der Waals surface area contributed by atoms with Gasteiger partial charge in [-0.2, -0.15) is 0 Å². The van der Waals surface area contributed by atoms with E-state index in [-0.39, 0.29) is 12.7 Å². The molecule has 0 spiro atoms. The van der Waals surface area contributed by atoms with E-state index in [1.54, 1.807) is 0 Å². The van der Waals surface area contributed by atoms with Crippen molar-refractivity contribution in [3.05, 3.63) is 41.5 Å². The third kappa shape index (κ3) is 2.41. The second-order valence-corrected chi connectivity index (χ2v) is 5.56. The standard InChI is InChI=1S/C16H17N3O3/c20-16(12-9-19-6-2-1-3-15(19)18-12)17-8-11-4-5-13-14(7-11)22-10-21-13/h4-5,7,9H,1-3,6,8,10H2,(H,17,20). The number of amides is 1. The lowest BCUT2D eigenvalue weighted by Gasteiger charge is -2.11. The van der Waals surface area contributed by atoms with Crippen molar-refractivity contribution >= 4 is 5.91 Å². The van der Waals surface area contributed by atoms with Crippen molar-refractivity contribution < 1.29 is 14.3 Å². The minimum atomic E-state index is -0.139. The molecule has 3 heterocycles. The summed E-state index contributed by atoms with van der Waals surface area (Å²) in [6, 6.07) is 5.67. The Kier molecular flexibility index (Phi) is 3.21. The first-order valence-corrected chi connectivity index (χ1v) is 7.52. The van der Waals surface area contributed by atoms with Gasteiger partial charge < -0.3 is 19.4 Å². The molecular weight excluding hydrogens is 282 g/mol. The number of carbonyl (C=O) groups excluding carboxylic acids is 1. The highest BCUT2D eigenvalue weighted by molar-refractivity contribution is 5.92. The van der Waals surface area contributed by atoms with Crippen molar-refractivity contribution in [1.82, 2.24) is 14.9 Å². The zero-order valence-corrected chi connectivity index (χ0v) is 12.2. The van der Waals surface area contributed by atoms with Crippen LogP contribution in [-0.2, 0) is 19.5 Å². The predicted molar refractivity (Wildman–Crippen MR) is 78.9 cm³/mol. The van der Waals surface area contributed by atoms with Gasteiger partial charge >= 0.3 is 0 Å². The lowest BCUT2D eigenvalue weighted by atomic mass is 10.2. The molecule has 0 unspecified atom stereocenters. The molecule has 2 aliphatic heterocycles. The summed E-state index contributed by atoms with van der Waals surface area (Å²) in [6.45, 7) is 1.65. The Bertz CT molecular complexity index is 700. The molecule has 6 nitrogen and oxygen atoms in total. The van der Waals surface area contributed by atoms with Gasteiger partial charge in [0.15, 0.2) is 11.5 Å². The number of nitrogens with zero attached hydrogens (tertiary/aromatic N) is 2. The third-order valence-corrected chi connectivity index (χ3v) is 4.03. The molecule has 1 aromatic heterocycles. The molecule has 2 aromatic rings. The topological polar surface area (TPSA) is 65.4 Å². The summed E-state index contributed by atoms with van der Waals surface area (Å²) in [4.78, 5) is 16.7. The largest absolute Gasteiger partial charge is 0.454 e. The quantitative estimate of drug-likeness (QED) is 0.940. The lowest BCUT2D eigenvalue weighted by molar-refractivity contribution is 0.0946. The maximum absolute atomic E-state index is 12.2. The normalized spacial score (nSPS) is 15.5. The fourth-order valence-electron chi connectivity index (χ4n) is 2.85. The average molecular weight is 299 g/mol. The number of aryl methyl sites for hydroxylation is 2. The molecule has 114 valence electrons. The number of benzene rings is 1. The van der Waals surface area contributed by atoms with Gasteiger partial charge in [-0.15, -0.1) is 0 Å². The molecule has 0 saturated heterocycles. The zero-order valence-electron chi connectivity index (χ0n) is 12.2. The number of aromatic nitrogens is 2. The fraction of sp³-hybridized carbons (Fsp3) is 0.375. The summed E-state index contributed by atoms with van der Waals surface area (Å²) in [6.07, 6.45) is 5.11. The Balaban J connectivity index is 1.43. The Morgan fingerprint density at radius 1 is 1.27 bits per heavy atom. The van der Waals surface area contributed by atoms with E-state index in [4.69, 9.17) is 9.47 Å². The number of fused-ring (bicyclic) bond motifs is 2. The Hall–Kier alpha value is -2.50. The first-order valence-electron chi connectivity index (χ1n) is 7.52. The molecule has 22 heavy (non-hydrogen) atoms. The maximum Gasteiger partial charge on any atom is 0.271 e. The van der Waals surface area contributed by atoms with E-state index in [2.05, 4.69) is 14.9 Å². The molecule has 6 heteroatoms. The summed E-state index contributed by atoms with van der Waals surface area (Å²) in [5, 5.41) is 2.90. The Morgan fingerprint density at radius 2 is 2.18 bits per heavy atom. The number of nitrogens with one attached hydrogen (secondary N) is 1. The monoisotopic (exact) mass is 299 g/mol. The van der Waals surface area contributed by atoms with Crippen molar-refractivity contribution in [2.75, 3.05) is 6.79 Å². The second kappa shape index (κ2) is 5.36. The molecule has 1 N–H and O–H groups in total. The molecule has 0 aliphatic carbocycles. The van der Waals surface area contributed by atoms with Crippen LogP contribution in [0.2, 0.25) is 0 Å². The van der Waals surface area contributed by atoms with Crippen molar-refractivity contribution in [2.45, 2.75) is 32.4 Å². The van der Waals surface area contributed by atoms with Gasteiger partial charge in [0.05, 0.1) is 0 Å². The van der Waals surface area contributed by atoms with E-state index in [0.717, 1.165) is 48.7 Å². The SMILES string of the molecule is O=C(NCc1ccc2c(c1)OCO2)c1cn2c(n1)CCCC2. The Labute approximate surface area is 128 Å². The molecule has 0 fully saturated rings. The van der Waals surface area contributed by atoms with Crippen LogP contribution in [0, 0.1) is 0 Å². The highest BCUT2D eigenvalue weighted by Crippen LogP contribution is 2.32. The summed E-state index contributed by atoms with van der Waals surface area (Å²) >= 11 is 0. The van der Waals surface area contributed by atoms with Crippen LogP contribution < -0.4 is 14.8 Å². The first-order chi connectivity index (χ1) is 10.8. The van der Waals surface area contributed by atoms with Gasteiger partial charge in [0.1, 0.15) is 11.5 Å². The average Bonchev–Trinajstić information content (AvgIpc) is 3.18. The van der Waals surface area contributed by atoms with E-state index in [0.29, 0.717) is 12.2 Å². The summed E-state index contributed by atoms with van der Waals surface area (Å²) in [5.74, 6) is 2.35. The third-order valence-electron chi connectivity index (χ3n) is 4.03. The highest BCUT2D eigenvalue weighted by Gasteiger charge is 2.17. The van der Waals surface area contributed by atoms with Crippen molar-refractivity contribution in [1.29, 1.82) is 0 Å². The number of ether oxygens (including phenoxy) is 2. The molecule has 0 saturated carbocycles. The van der Waals surface area contributed by atoms with Crippen LogP contribution in [0.3, 0.4) is 0 Å². The van der Waals surface area contributed by atoms with Crippen LogP contribution in [0.4, 0.5) is 0 Å². The predicted octanol–water partition coefficient (Wildman–Crippen LogP) is 1.88. The lowest BCUT2D eigenvalue weighted by Crippen LogP contribution is -2.23. The van der Waals surface area contributed by atoms with E-state index in [1.165, 1.54) is 0 Å². The van der Waals surface area contributed by atoms with Crippen molar-refractivity contribution in [3.63, 3.8) is 0 Å². The van der Waals surface area contributed by atoms with E-state index >= 15 is 0 Å². The van der Waals surface area contributed by atoms with E-state index in [1.807, 2.05) is 24.4 Å². The number of imidazole rings is 1. The minimum Gasteiger partial charge on any atom is -0.454 e. The Morgan fingerprint density at radius 3 is 3.09 bits per heavy atom. The molecule has 1 aromatic carbocycles. The van der Waals surface area contributed by atoms with Crippen LogP contribution in [0.1, 0.15) is 34.7 Å². The first kappa shape index (κ1) is 13.2. The number of carbonyl (C=O) groups is 1. The highest BCUT2D eigenvalue weighted by atomic mass is 16.7. The van der Waals surface area contributed by atoms with Crippen LogP contribution in [-0.4, -0.2) is 22.3 Å². The number of rotatable bonds is 3. The van der Waals surface area contributed by atoms with Gasteiger partial charge in [0.2, 0.25) is 6.79 Å². The smallest absolute Gasteiger partial charge is 0.271 e. The van der Waals surface area contributed by atoms with Crippen LogP contribution in [0.25, 0.3) is 0 Å². The number of hydrogen-bond donors (Lipinski definition) is 1. The van der Waals surface area contributed by atoms with Crippen molar-refractivity contribution in [3.8, 4) is 11.5 Å². The second-order valence-electron chi connectivity index (χ2n) is 5.56. The van der Waals surface area contributed by atoms with Crippen LogP contribution in [0.15, 0.2) is 24.4 Å². The van der Waals surface area contributed by atoms with Gasteiger partial charge in [-0.05, 0) is 30.5 Å². The van der Waals surface area contributed by atoms with Gasteiger partial charge in [-0.3, -0.25) is 4.79 Å². The molecule has 4 rings (SSSR count). The van der Waals surface area contributed by atoms with Gasteiger partial charge in [-0.25, -0.2) is 4.98 Å². The van der Waals surface area contributed by atoms with Gasteiger partial charge in [-0.1, -0.05) is 6.07 Å². The molecule has 0 radical (unpaired) electrons. The molecule has 0 atom stereocenters. The van der Waals surface area contributed by atoms with E-state index < -0.39 is 0 Å². The van der Waals surface area contributed by atoms with Gasteiger partial charge in [0, 0.05) is 25.7 Å². The fourth-order valence-corrected chi connectivity index (χ4v) is 2.85. The molecule has 0 bridgehead atoms. The summed E-state index contributed by atoms with van der Waals surface area (Å²) in [7, 11) is 0.